The Hall–Kier alpha value is -3.85. The lowest BCUT2D eigenvalue weighted by Gasteiger charge is -2.39. The number of aromatic nitrogens is 2. The van der Waals surface area contributed by atoms with Crippen LogP contribution in [0.3, 0.4) is 0 Å². The van der Waals surface area contributed by atoms with Gasteiger partial charge in [-0.2, -0.15) is 4.39 Å². The maximum Gasteiger partial charge on any atom is 0.330 e. The highest BCUT2D eigenvalue weighted by atomic mass is 19.1. The topological polar surface area (TPSA) is 93.6 Å². The standard InChI is InChI=1S/C28H25FN2O5/c29-22-17-31(27(34)30-26(22)33)25-16-23(24(18-32)35-25)36-28(19-10-4-1-5-11-19,20-12-6-2-7-13-20)21-14-8-3-9-15-21/h1-15,17,23-25,32H,16,18H2,(H,30,33,34)/t23?,24-,25-/m0/s1. The Bertz CT molecular complexity index is 1330. The molecule has 2 heterocycles. The molecule has 1 aromatic heterocycles. The molecule has 3 aromatic carbocycles. The Morgan fingerprint density at radius 1 is 0.917 bits per heavy atom. The van der Waals surface area contributed by atoms with E-state index in [4.69, 9.17) is 9.47 Å². The zero-order chi connectivity index (χ0) is 25.1. The number of aromatic amines is 1. The lowest BCUT2D eigenvalue weighted by Crippen LogP contribution is -2.40. The van der Waals surface area contributed by atoms with Crippen molar-refractivity contribution in [1.82, 2.24) is 9.55 Å². The molecule has 0 radical (unpaired) electrons. The lowest BCUT2D eigenvalue weighted by atomic mass is 9.79. The summed E-state index contributed by atoms with van der Waals surface area (Å²) in [6, 6.07) is 29.2. The molecule has 7 nitrogen and oxygen atoms in total. The van der Waals surface area contributed by atoms with Gasteiger partial charge in [-0.05, 0) is 16.7 Å². The summed E-state index contributed by atoms with van der Waals surface area (Å²) in [4.78, 5) is 25.8. The molecule has 184 valence electrons. The van der Waals surface area contributed by atoms with E-state index in [1.807, 2.05) is 96.0 Å². The summed E-state index contributed by atoms with van der Waals surface area (Å²) in [5, 5.41) is 10.2. The van der Waals surface area contributed by atoms with Crippen LogP contribution in [0.1, 0.15) is 29.3 Å². The Morgan fingerprint density at radius 3 is 1.89 bits per heavy atom. The number of aliphatic hydroxyl groups excluding tert-OH is 1. The number of rotatable bonds is 7. The second-order valence-corrected chi connectivity index (χ2v) is 8.63. The maximum atomic E-state index is 14.0. The molecule has 1 unspecified atom stereocenters. The largest absolute Gasteiger partial charge is 0.394 e. The van der Waals surface area contributed by atoms with E-state index in [1.165, 1.54) is 0 Å². The monoisotopic (exact) mass is 488 g/mol. The minimum Gasteiger partial charge on any atom is -0.394 e. The van der Waals surface area contributed by atoms with Gasteiger partial charge in [0.25, 0.3) is 5.56 Å². The second-order valence-electron chi connectivity index (χ2n) is 8.63. The van der Waals surface area contributed by atoms with Gasteiger partial charge in [-0.3, -0.25) is 14.3 Å². The number of hydrogen-bond donors (Lipinski definition) is 2. The van der Waals surface area contributed by atoms with Gasteiger partial charge in [0, 0.05) is 6.42 Å². The predicted molar refractivity (Wildman–Crippen MR) is 131 cm³/mol. The van der Waals surface area contributed by atoms with E-state index < -0.39 is 41.1 Å². The second kappa shape index (κ2) is 10.0. The minimum atomic E-state index is -1.10. The quantitative estimate of drug-likeness (QED) is 0.389. The van der Waals surface area contributed by atoms with Crippen LogP contribution in [-0.4, -0.2) is 33.5 Å². The van der Waals surface area contributed by atoms with E-state index in [9.17, 15) is 19.1 Å². The zero-order valence-electron chi connectivity index (χ0n) is 19.3. The van der Waals surface area contributed by atoms with Gasteiger partial charge >= 0.3 is 5.69 Å². The number of benzene rings is 3. The number of nitrogens with zero attached hydrogens (tertiary/aromatic N) is 1. The van der Waals surface area contributed by atoms with Gasteiger partial charge in [-0.15, -0.1) is 0 Å². The molecule has 1 aliphatic rings. The van der Waals surface area contributed by atoms with Crippen molar-refractivity contribution in [3.05, 3.63) is 141 Å². The van der Waals surface area contributed by atoms with Crippen LogP contribution < -0.4 is 11.2 Å². The van der Waals surface area contributed by atoms with Crippen LogP contribution in [0.4, 0.5) is 4.39 Å². The first-order chi connectivity index (χ1) is 17.5. The minimum absolute atomic E-state index is 0.144. The SMILES string of the molecule is O=c1[nH]c(=O)n([C@@H]2CC(OC(c3ccccc3)(c3ccccc3)c3ccccc3)[C@H](CO)O2)cc1F. The highest BCUT2D eigenvalue weighted by molar-refractivity contribution is 5.47. The number of hydrogen-bond acceptors (Lipinski definition) is 5. The van der Waals surface area contributed by atoms with Gasteiger partial charge < -0.3 is 14.6 Å². The smallest absolute Gasteiger partial charge is 0.330 e. The molecule has 4 aromatic rings. The summed E-state index contributed by atoms with van der Waals surface area (Å²) < 4.78 is 27.8. The fraction of sp³-hybridized carbons (Fsp3) is 0.214. The predicted octanol–water partition coefficient (Wildman–Crippen LogP) is 3.33. The fourth-order valence-electron chi connectivity index (χ4n) is 4.78. The first kappa shape index (κ1) is 23.9. The van der Waals surface area contributed by atoms with E-state index in [0.29, 0.717) is 0 Å². The average molecular weight is 489 g/mol. The number of aliphatic hydroxyl groups is 1. The third kappa shape index (κ3) is 4.30. The Balaban J connectivity index is 1.62. The van der Waals surface area contributed by atoms with Crippen LogP contribution in [0.5, 0.6) is 0 Å². The Morgan fingerprint density at radius 2 is 1.42 bits per heavy atom. The van der Waals surface area contributed by atoms with Crippen molar-refractivity contribution in [3.63, 3.8) is 0 Å². The lowest BCUT2D eigenvalue weighted by molar-refractivity contribution is -0.0994. The van der Waals surface area contributed by atoms with E-state index in [-0.39, 0.29) is 13.0 Å². The number of nitrogens with one attached hydrogen (secondary N) is 1. The highest BCUT2D eigenvalue weighted by Crippen LogP contribution is 2.44. The zero-order valence-corrected chi connectivity index (χ0v) is 19.3. The summed E-state index contributed by atoms with van der Waals surface area (Å²) in [5.41, 5.74) is -0.359. The van der Waals surface area contributed by atoms with Crippen molar-refractivity contribution in [1.29, 1.82) is 0 Å². The van der Waals surface area contributed by atoms with E-state index in [2.05, 4.69) is 0 Å². The van der Waals surface area contributed by atoms with Crippen molar-refractivity contribution in [3.8, 4) is 0 Å². The van der Waals surface area contributed by atoms with Crippen molar-refractivity contribution in [2.75, 3.05) is 6.61 Å². The van der Waals surface area contributed by atoms with E-state index in [1.54, 1.807) is 0 Å². The molecule has 3 atom stereocenters. The third-order valence-electron chi connectivity index (χ3n) is 6.46. The summed E-state index contributed by atoms with van der Waals surface area (Å²) in [6.07, 6.45) is -1.45. The molecule has 36 heavy (non-hydrogen) atoms. The highest BCUT2D eigenvalue weighted by Gasteiger charge is 2.46. The molecule has 0 saturated carbocycles. The van der Waals surface area contributed by atoms with Crippen LogP contribution in [0.2, 0.25) is 0 Å². The number of ether oxygens (including phenoxy) is 2. The van der Waals surface area contributed by atoms with Gasteiger partial charge in [0.15, 0.2) is 0 Å². The molecule has 0 amide bonds. The van der Waals surface area contributed by atoms with Gasteiger partial charge in [0.2, 0.25) is 5.82 Å². The van der Waals surface area contributed by atoms with E-state index >= 15 is 0 Å². The molecule has 1 fully saturated rings. The van der Waals surface area contributed by atoms with Crippen molar-refractivity contribution in [2.24, 2.45) is 0 Å². The Kier molecular flexibility index (Phi) is 6.65. The van der Waals surface area contributed by atoms with Gasteiger partial charge in [-0.25, -0.2) is 4.79 Å². The van der Waals surface area contributed by atoms with Gasteiger partial charge in [0.05, 0.1) is 18.9 Å². The van der Waals surface area contributed by atoms with Crippen LogP contribution in [0.15, 0.2) is 107 Å². The molecule has 1 saturated heterocycles. The summed E-state index contributed by atoms with van der Waals surface area (Å²) in [7, 11) is 0. The van der Waals surface area contributed by atoms with Crippen molar-refractivity contribution < 1.29 is 19.0 Å². The summed E-state index contributed by atoms with van der Waals surface area (Å²) >= 11 is 0. The van der Waals surface area contributed by atoms with Crippen LogP contribution in [0, 0.1) is 5.82 Å². The molecule has 5 rings (SSSR count). The van der Waals surface area contributed by atoms with Crippen LogP contribution >= 0.6 is 0 Å². The fourth-order valence-corrected chi connectivity index (χ4v) is 4.78. The van der Waals surface area contributed by atoms with Crippen LogP contribution in [-0.2, 0) is 15.1 Å². The maximum absolute atomic E-state index is 14.0. The van der Waals surface area contributed by atoms with Gasteiger partial charge in [-0.1, -0.05) is 91.0 Å². The normalized spacial score (nSPS) is 19.9. The molecular weight excluding hydrogens is 463 g/mol. The van der Waals surface area contributed by atoms with E-state index in [0.717, 1.165) is 27.5 Å². The first-order valence-corrected chi connectivity index (χ1v) is 11.6. The average Bonchev–Trinajstić information content (AvgIpc) is 3.33. The molecule has 1 aliphatic heterocycles. The molecular formula is C28H25FN2O5. The van der Waals surface area contributed by atoms with Crippen molar-refractivity contribution in [2.45, 2.75) is 30.5 Å². The summed E-state index contributed by atoms with van der Waals surface area (Å²) in [5.74, 6) is -1.10. The molecule has 0 aliphatic carbocycles. The summed E-state index contributed by atoms with van der Waals surface area (Å²) in [6.45, 7) is -0.379. The van der Waals surface area contributed by atoms with Crippen molar-refractivity contribution >= 4 is 0 Å². The Labute approximate surface area is 206 Å². The third-order valence-corrected chi connectivity index (χ3v) is 6.46. The van der Waals surface area contributed by atoms with Gasteiger partial charge in [0.1, 0.15) is 17.9 Å². The van der Waals surface area contributed by atoms with Crippen LogP contribution in [0.25, 0.3) is 0 Å². The molecule has 0 spiro atoms. The molecule has 8 heteroatoms. The number of halogens is 1. The molecule has 2 N–H and O–H groups in total. The first-order valence-electron chi connectivity index (χ1n) is 11.6. The number of H-pyrrole nitrogens is 1. The molecule has 0 bridgehead atoms.